The van der Waals surface area contributed by atoms with Gasteiger partial charge in [0.05, 0.1) is 0 Å². The van der Waals surface area contributed by atoms with Crippen LogP contribution in [0.2, 0.25) is 0 Å². The van der Waals surface area contributed by atoms with E-state index in [1.54, 1.807) is 0 Å². The molecule has 0 aliphatic carbocycles. The molecule has 0 atom stereocenters. The molecule has 0 unspecified atom stereocenters. The Balaban J connectivity index is 0.00000676. The van der Waals surface area contributed by atoms with E-state index in [9.17, 15) is 4.79 Å². The normalized spacial score (nSPS) is 10.4. The second-order valence-corrected chi connectivity index (χ2v) is 7.49. The van der Waals surface area contributed by atoms with E-state index < -0.39 is 0 Å². The van der Waals surface area contributed by atoms with Crippen LogP contribution in [0.5, 0.6) is 5.75 Å². The Labute approximate surface area is 184 Å². The monoisotopic (exact) mass is 480 g/mol. The molecule has 1 aromatic carbocycles. The van der Waals surface area contributed by atoms with Crippen LogP contribution in [-0.4, -0.2) is 29.9 Å². The zero-order valence-electron chi connectivity index (χ0n) is 17.5. The minimum atomic E-state index is -0.106. The molecule has 4 radical (unpaired) electrons. The SMILES string of the molecule is CCCCCCCCCCCCCCCCCC(=O)Oc1ccccc1.[Sn]. The van der Waals surface area contributed by atoms with E-state index in [0.717, 1.165) is 12.8 Å². The van der Waals surface area contributed by atoms with Crippen molar-refractivity contribution in [2.75, 3.05) is 0 Å². The van der Waals surface area contributed by atoms with Gasteiger partial charge in [0.15, 0.2) is 0 Å². The van der Waals surface area contributed by atoms with E-state index in [1.807, 2.05) is 30.3 Å². The van der Waals surface area contributed by atoms with Crippen molar-refractivity contribution in [1.82, 2.24) is 0 Å². The molecule has 0 bridgehead atoms. The van der Waals surface area contributed by atoms with Crippen molar-refractivity contribution in [2.45, 2.75) is 110 Å². The predicted octanol–water partition coefficient (Wildman–Crippen LogP) is 7.47. The molecule has 27 heavy (non-hydrogen) atoms. The summed E-state index contributed by atoms with van der Waals surface area (Å²) < 4.78 is 5.29. The summed E-state index contributed by atoms with van der Waals surface area (Å²) in [6.45, 7) is 2.28. The molecule has 0 N–H and O–H groups in total. The van der Waals surface area contributed by atoms with Gasteiger partial charge in [-0.25, -0.2) is 0 Å². The van der Waals surface area contributed by atoms with Crippen LogP contribution in [0.1, 0.15) is 110 Å². The number of para-hydroxylation sites is 1. The van der Waals surface area contributed by atoms with Gasteiger partial charge in [0, 0.05) is 30.3 Å². The third-order valence-electron chi connectivity index (χ3n) is 4.96. The average Bonchev–Trinajstić information content (AvgIpc) is 2.65. The minimum absolute atomic E-state index is 0. The van der Waals surface area contributed by atoms with Crippen LogP contribution >= 0.6 is 0 Å². The van der Waals surface area contributed by atoms with Crippen molar-refractivity contribution in [3.63, 3.8) is 0 Å². The van der Waals surface area contributed by atoms with Gasteiger partial charge in [0.2, 0.25) is 0 Å². The molecule has 0 aliphatic heterocycles. The fraction of sp³-hybridized carbons (Fsp3) is 0.708. The van der Waals surface area contributed by atoms with Crippen molar-refractivity contribution >= 4 is 29.9 Å². The largest absolute Gasteiger partial charge is 0.427 e. The summed E-state index contributed by atoms with van der Waals surface area (Å²) in [6.07, 6.45) is 20.7. The summed E-state index contributed by atoms with van der Waals surface area (Å²) in [4.78, 5) is 11.7. The number of hydrogen-bond acceptors (Lipinski definition) is 2. The molecule has 0 fully saturated rings. The fourth-order valence-electron chi connectivity index (χ4n) is 3.31. The Morgan fingerprint density at radius 3 is 1.52 bits per heavy atom. The van der Waals surface area contributed by atoms with Gasteiger partial charge in [0.25, 0.3) is 0 Å². The van der Waals surface area contributed by atoms with Gasteiger partial charge >= 0.3 is 5.97 Å². The van der Waals surface area contributed by atoms with E-state index in [1.165, 1.54) is 83.5 Å². The number of unbranched alkanes of at least 4 members (excludes halogenated alkanes) is 14. The summed E-state index contributed by atoms with van der Waals surface area (Å²) in [6, 6.07) is 9.34. The third-order valence-corrected chi connectivity index (χ3v) is 4.96. The van der Waals surface area contributed by atoms with Gasteiger partial charge in [-0.3, -0.25) is 4.79 Å². The van der Waals surface area contributed by atoms with E-state index in [-0.39, 0.29) is 29.9 Å². The molecule has 1 aromatic rings. The Bertz CT molecular complexity index is 433. The Kier molecular flexibility index (Phi) is 19.8. The van der Waals surface area contributed by atoms with Gasteiger partial charge < -0.3 is 4.74 Å². The Morgan fingerprint density at radius 2 is 1.07 bits per heavy atom. The molecule has 0 saturated heterocycles. The fourth-order valence-corrected chi connectivity index (χ4v) is 3.31. The van der Waals surface area contributed by atoms with E-state index in [0.29, 0.717) is 12.2 Å². The number of hydrogen-bond donors (Lipinski definition) is 0. The van der Waals surface area contributed by atoms with Gasteiger partial charge in [-0.15, -0.1) is 0 Å². The standard InChI is InChI=1S/C24H40O2.Sn/c1-2-3-4-5-6-7-8-9-10-11-12-13-14-15-19-22-24(25)26-23-20-17-16-18-21-23;/h16-18,20-21H,2-15,19,22H2,1H3;. The van der Waals surface area contributed by atoms with Crippen LogP contribution in [0.3, 0.4) is 0 Å². The van der Waals surface area contributed by atoms with Crippen molar-refractivity contribution in [3.8, 4) is 5.75 Å². The second-order valence-electron chi connectivity index (χ2n) is 7.49. The molecular formula is C24H40O2Sn. The number of carbonyl (C=O) groups is 1. The molecule has 2 nitrogen and oxygen atoms in total. The molecule has 0 heterocycles. The first kappa shape index (κ1) is 26.5. The van der Waals surface area contributed by atoms with Crippen molar-refractivity contribution in [3.05, 3.63) is 30.3 Å². The van der Waals surface area contributed by atoms with Crippen molar-refractivity contribution in [1.29, 1.82) is 0 Å². The van der Waals surface area contributed by atoms with Gasteiger partial charge in [-0.05, 0) is 18.6 Å². The van der Waals surface area contributed by atoms with Crippen LogP contribution < -0.4 is 4.74 Å². The molecular weight excluding hydrogens is 439 g/mol. The summed E-state index contributed by atoms with van der Waals surface area (Å²) in [5.41, 5.74) is 0. The maximum atomic E-state index is 11.7. The number of esters is 1. The maximum Gasteiger partial charge on any atom is 0.311 e. The number of rotatable bonds is 17. The first-order valence-corrected chi connectivity index (χ1v) is 11.1. The zero-order valence-corrected chi connectivity index (χ0v) is 20.4. The summed E-state index contributed by atoms with van der Waals surface area (Å²) >= 11 is 0. The molecule has 1 rings (SSSR count). The van der Waals surface area contributed by atoms with Crippen LogP contribution in [-0.2, 0) is 4.79 Å². The summed E-state index contributed by atoms with van der Waals surface area (Å²) in [7, 11) is 0. The van der Waals surface area contributed by atoms with E-state index >= 15 is 0 Å². The van der Waals surface area contributed by atoms with Gasteiger partial charge in [-0.1, -0.05) is 115 Å². The Morgan fingerprint density at radius 1 is 0.667 bits per heavy atom. The Hall–Kier alpha value is -0.511. The quantitative estimate of drug-likeness (QED) is 0.100. The molecule has 0 aromatic heterocycles. The molecule has 0 saturated carbocycles. The first-order chi connectivity index (χ1) is 12.8. The number of ether oxygens (including phenoxy) is 1. The second kappa shape index (κ2) is 20.2. The zero-order chi connectivity index (χ0) is 18.7. The van der Waals surface area contributed by atoms with Crippen LogP contribution in [0.25, 0.3) is 0 Å². The predicted molar refractivity (Wildman–Crippen MR) is 117 cm³/mol. The summed E-state index contributed by atoms with van der Waals surface area (Å²) in [5.74, 6) is 0.546. The van der Waals surface area contributed by atoms with E-state index in [2.05, 4.69) is 6.92 Å². The maximum absolute atomic E-state index is 11.7. The smallest absolute Gasteiger partial charge is 0.311 e. The minimum Gasteiger partial charge on any atom is -0.427 e. The van der Waals surface area contributed by atoms with E-state index in [4.69, 9.17) is 4.74 Å². The number of carbonyl (C=O) groups excluding carboxylic acids is 1. The molecule has 0 aliphatic rings. The average molecular weight is 479 g/mol. The van der Waals surface area contributed by atoms with Crippen molar-refractivity contribution < 1.29 is 9.53 Å². The van der Waals surface area contributed by atoms with Gasteiger partial charge in [0.1, 0.15) is 5.75 Å². The van der Waals surface area contributed by atoms with Crippen LogP contribution in [0.4, 0.5) is 0 Å². The van der Waals surface area contributed by atoms with Crippen molar-refractivity contribution in [2.24, 2.45) is 0 Å². The molecule has 152 valence electrons. The molecule has 3 heteroatoms. The molecule has 0 spiro atoms. The first-order valence-electron chi connectivity index (χ1n) is 11.1. The van der Waals surface area contributed by atoms with Crippen LogP contribution in [0, 0.1) is 0 Å². The van der Waals surface area contributed by atoms with Crippen LogP contribution in [0.15, 0.2) is 30.3 Å². The topological polar surface area (TPSA) is 26.3 Å². The summed E-state index contributed by atoms with van der Waals surface area (Å²) in [5, 5.41) is 0. The van der Waals surface area contributed by atoms with Gasteiger partial charge in [-0.2, -0.15) is 0 Å². The molecule has 0 amide bonds. The third kappa shape index (κ3) is 17.3. The number of benzene rings is 1.